The fourth-order valence-corrected chi connectivity index (χ4v) is 3.46. The van der Waals surface area contributed by atoms with Gasteiger partial charge in [-0.1, -0.05) is 49.6 Å². The summed E-state index contributed by atoms with van der Waals surface area (Å²) in [4.78, 5) is 12.0. The maximum Gasteiger partial charge on any atom is 0.158 e. The van der Waals surface area contributed by atoms with Gasteiger partial charge in [0, 0.05) is 12.3 Å². The lowest BCUT2D eigenvalue weighted by Gasteiger charge is -2.18. The number of carbonyl (C=O) groups is 1. The van der Waals surface area contributed by atoms with E-state index in [1.165, 1.54) is 30.4 Å². The molecule has 0 spiro atoms. The van der Waals surface area contributed by atoms with E-state index in [4.69, 9.17) is 4.74 Å². The van der Waals surface area contributed by atoms with Crippen LogP contribution in [-0.4, -0.2) is 12.4 Å². The average molecular weight is 310 g/mol. The van der Waals surface area contributed by atoms with Gasteiger partial charge in [0.25, 0.3) is 0 Å². The van der Waals surface area contributed by atoms with Gasteiger partial charge in [-0.15, -0.1) is 0 Å². The first-order valence-corrected chi connectivity index (χ1v) is 8.94. The molecule has 1 aromatic rings. The second kappa shape index (κ2) is 8.14. The molecule has 1 aromatic carbocycles. The van der Waals surface area contributed by atoms with E-state index >= 15 is 0 Å². The number of rotatable bonds is 6. The van der Waals surface area contributed by atoms with Gasteiger partial charge in [-0.05, 0) is 49.0 Å². The van der Waals surface area contributed by atoms with Gasteiger partial charge in [-0.3, -0.25) is 4.79 Å². The standard InChI is InChI=1S/C21H26O2/c22-20(18-9-5-3-6-10-18)11-7-2-1-4-8-17-12-13-19-14-15-23-21(19)16-17/h1-2,7,11-13,16,18H,3-6,8-10,14-15H2/b2-1+,11-7+. The molecule has 2 heteroatoms. The van der Waals surface area contributed by atoms with E-state index in [0.29, 0.717) is 5.78 Å². The van der Waals surface area contributed by atoms with E-state index in [9.17, 15) is 4.79 Å². The number of ketones is 1. The van der Waals surface area contributed by atoms with Gasteiger partial charge in [0.1, 0.15) is 5.75 Å². The zero-order chi connectivity index (χ0) is 15.9. The minimum absolute atomic E-state index is 0.278. The molecule has 1 saturated carbocycles. The molecular weight excluding hydrogens is 284 g/mol. The van der Waals surface area contributed by atoms with Crippen molar-refractivity contribution in [3.05, 3.63) is 53.6 Å². The second-order valence-corrected chi connectivity index (χ2v) is 6.60. The predicted molar refractivity (Wildman–Crippen MR) is 93.8 cm³/mol. The summed E-state index contributed by atoms with van der Waals surface area (Å²) in [6, 6.07) is 6.55. The Balaban J connectivity index is 1.40. The summed E-state index contributed by atoms with van der Waals surface area (Å²) >= 11 is 0. The van der Waals surface area contributed by atoms with Gasteiger partial charge in [0.2, 0.25) is 0 Å². The van der Waals surface area contributed by atoms with E-state index in [1.807, 2.05) is 12.2 Å². The highest BCUT2D eigenvalue weighted by Crippen LogP contribution is 2.26. The Kier molecular flexibility index (Phi) is 5.68. The van der Waals surface area contributed by atoms with Gasteiger partial charge in [-0.25, -0.2) is 0 Å². The van der Waals surface area contributed by atoms with Gasteiger partial charge in [0.15, 0.2) is 5.78 Å². The quantitative estimate of drug-likeness (QED) is 0.556. The molecule has 0 unspecified atom stereocenters. The van der Waals surface area contributed by atoms with Crippen molar-refractivity contribution in [3.8, 4) is 5.75 Å². The van der Waals surface area contributed by atoms with E-state index in [1.54, 1.807) is 6.08 Å². The molecule has 1 heterocycles. The first-order chi connectivity index (χ1) is 11.3. The van der Waals surface area contributed by atoms with E-state index in [0.717, 1.165) is 44.5 Å². The third kappa shape index (κ3) is 4.57. The lowest BCUT2D eigenvalue weighted by atomic mass is 9.86. The maximum absolute atomic E-state index is 12.0. The third-order valence-corrected chi connectivity index (χ3v) is 4.88. The van der Waals surface area contributed by atoms with Crippen LogP contribution in [0.15, 0.2) is 42.5 Å². The molecule has 0 bridgehead atoms. The van der Waals surface area contributed by atoms with Crippen molar-refractivity contribution in [1.82, 2.24) is 0 Å². The Morgan fingerprint density at radius 3 is 2.91 bits per heavy atom. The summed E-state index contributed by atoms with van der Waals surface area (Å²) in [5, 5.41) is 0. The van der Waals surface area contributed by atoms with Crippen molar-refractivity contribution in [1.29, 1.82) is 0 Å². The summed E-state index contributed by atoms with van der Waals surface area (Å²) < 4.78 is 5.60. The zero-order valence-corrected chi connectivity index (χ0v) is 13.8. The third-order valence-electron chi connectivity index (χ3n) is 4.88. The van der Waals surface area contributed by atoms with E-state index in [2.05, 4.69) is 24.3 Å². The molecule has 2 aliphatic rings. The normalized spacial score (nSPS) is 18.4. The number of ether oxygens (including phenoxy) is 1. The SMILES string of the molecule is O=C(/C=C/C=C/CCc1ccc2c(c1)OCC2)C1CCCCC1. The molecule has 0 N–H and O–H groups in total. The summed E-state index contributed by atoms with van der Waals surface area (Å²) in [6.45, 7) is 0.818. The van der Waals surface area contributed by atoms with E-state index < -0.39 is 0 Å². The van der Waals surface area contributed by atoms with Crippen LogP contribution in [0.1, 0.15) is 49.7 Å². The first-order valence-electron chi connectivity index (χ1n) is 8.94. The largest absolute Gasteiger partial charge is 0.493 e. The molecule has 1 aliphatic heterocycles. The highest BCUT2D eigenvalue weighted by Gasteiger charge is 2.18. The van der Waals surface area contributed by atoms with Crippen molar-refractivity contribution in [3.63, 3.8) is 0 Å². The van der Waals surface area contributed by atoms with Crippen LogP contribution in [0.5, 0.6) is 5.75 Å². The number of benzene rings is 1. The molecule has 122 valence electrons. The highest BCUT2D eigenvalue weighted by atomic mass is 16.5. The van der Waals surface area contributed by atoms with Gasteiger partial charge in [0.05, 0.1) is 6.61 Å². The van der Waals surface area contributed by atoms with Crippen molar-refractivity contribution in [2.45, 2.75) is 51.4 Å². The summed E-state index contributed by atoms with van der Waals surface area (Å²) in [7, 11) is 0. The van der Waals surface area contributed by atoms with Crippen LogP contribution in [-0.2, 0) is 17.6 Å². The molecule has 3 rings (SSSR count). The molecule has 0 radical (unpaired) electrons. The minimum atomic E-state index is 0.278. The number of aryl methyl sites for hydroxylation is 1. The molecule has 2 nitrogen and oxygen atoms in total. The fraction of sp³-hybridized carbons (Fsp3) is 0.476. The molecule has 1 aliphatic carbocycles. The predicted octanol–water partition coefficient (Wildman–Crippen LogP) is 4.82. The monoisotopic (exact) mass is 310 g/mol. The van der Waals surface area contributed by atoms with Crippen LogP contribution < -0.4 is 4.74 Å². The van der Waals surface area contributed by atoms with Crippen LogP contribution in [0, 0.1) is 5.92 Å². The summed E-state index contributed by atoms with van der Waals surface area (Å²) in [6.07, 6.45) is 16.7. The fourth-order valence-electron chi connectivity index (χ4n) is 3.46. The second-order valence-electron chi connectivity index (χ2n) is 6.60. The molecule has 23 heavy (non-hydrogen) atoms. The Morgan fingerprint density at radius 1 is 1.17 bits per heavy atom. The number of hydrogen-bond acceptors (Lipinski definition) is 2. The molecular formula is C21H26O2. The van der Waals surface area contributed by atoms with Crippen molar-refractivity contribution < 1.29 is 9.53 Å². The van der Waals surface area contributed by atoms with Crippen LogP contribution in [0.2, 0.25) is 0 Å². The van der Waals surface area contributed by atoms with Crippen LogP contribution in [0.4, 0.5) is 0 Å². The van der Waals surface area contributed by atoms with Crippen molar-refractivity contribution >= 4 is 5.78 Å². The van der Waals surface area contributed by atoms with Crippen LogP contribution >= 0.6 is 0 Å². The van der Waals surface area contributed by atoms with Crippen LogP contribution in [0.3, 0.4) is 0 Å². The summed E-state index contributed by atoms with van der Waals surface area (Å²) in [5.41, 5.74) is 2.64. The lowest BCUT2D eigenvalue weighted by molar-refractivity contribution is -0.119. The molecule has 0 atom stereocenters. The Bertz CT molecular complexity index is 592. The minimum Gasteiger partial charge on any atom is -0.493 e. The first kappa shape index (κ1) is 16.0. The smallest absolute Gasteiger partial charge is 0.158 e. The molecule has 0 saturated heterocycles. The van der Waals surface area contributed by atoms with Crippen molar-refractivity contribution in [2.24, 2.45) is 5.92 Å². The topological polar surface area (TPSA) is 26.3 Å². The van der Waals surface area contributed by atoms with Gasteiger partial charge >= 0.3 is 0 Å². The average Bonchev–Trinajstić information content (AvgIpc) is 3.06. The van der Waals surface area contributed by atoms with Crippen molar-refractivity contribution in [2.75, 3.05) is 6.61 Å². The van der Waals surface area contributed by atoms with E-state index in [-0.39, 0.29) is 5.92 Å². The van der Waals surface area contributed by atoms with Gasteiger partial charge < -0.3 is 4.74 Å². The Morgan fingerprint density at radius 2 is 2.04 bits per heavy atom. The van der Waals surface area contributed by atoms with Gasteiger partial charge in [-0.2, -0.15) is 0 Å². The Labute approximate surface area is 139 Å². The maximum atomic E-state index is 12.0. The van der Waals surface area contributed by atoms with Crippen LogP contribution in [0.25, 0.3) is 0 Å². The summed E-state index contributed by atoms with van der Waals surface area (Å²) in [5.74, 6) is 1.65. The number of allylic oxidation sites excluding steroid dienone is 4. The molecule has 0 aromatic heterocycles. The highest BCUT2D eigenvalue weighted by molar-refractivity contribution is 5.91. The molecule has 0 amide bonds. The number of carbonyl (C=O) groups excluding carboxylic acids is 1. The zero-order valence-electron chi connectivity index (χ0n) is 13.8. The molecule has 1 fully saturated rings. The number of fused-ring (bicyclic) bond motifs is 1. The number of hydrogen-bond donors (Lipinski definition) is 0. The lowest BCUT2D eigenvalue weighted by Crippen LogP contribution is -2.15. The Hall–Kier alpha value is -1.83.